The summed E-state index contributed by atoms with van der Waals surface area (Å²) >= 11 is 13.3. The van der Waals surface area contributed by atoms with E-state index in [0.717, 1.165) is 69.2 Å². The van der Waals surface area contributed by atoms with E-state index in [1.165, 1.54) is 5.56 Å². The molecule has 5 rings (SSSR count). The molecule has 2 aliphatic rings. The molecule has 2 heterocycles. The van der Waals surface area contributed by atoms with Crippen LogP contribution in [0.15, 0.2) is 60.7 Å². The van der Waals surface area contributed by atoms with Crippen LogP contribution in [-0.2, 0) is 24.3 Å². The lowest BCUT2D eigenvalue weighted by molar-refractivity contribution is -0.130. The van der Waals surface area contributed by atoms with Gasteiger partial charge in [0.15, 0.2) is 0 Å². The van der Waals surface area contributed by atoms with Crippen LogP contribution < -0.4 is 10.2 Å². The smallest absolute Gasteiger partial charge is 0.251 e. The Morgan fingerprint density at radius 3 is 2.07 bits per heavy atom. The Bertz CT molecular complexity index is 1390. The van der Waals surface area contributed by atoms with Crippen LogP contribution in [0.5, 0.6) is 0 Å². The summed E-state index contributed by atoms with van der Waals surface area (Å²) in [6.07, 6.45) is 0.194. The Labute approximate surface area is 265 Å². The van der Waals surface area contributed by atoms with Gasteiger partial charge in [0.2, 0.25) is 5.91 Å². The molecule has 9 heteroatoms. The van der Waals surface area contributed by atoms with E-state index in [0.29, 0.717) is 40.8 Å². The number of likely N-dealkylation sites (N-methyl/N-ethyl adjacent to an activating group) is 1. The first-order chi connectivity index (χ1) is 20.8. The average Bonchev–Trinajstić information content (AvgIpc) is 3.02. The molecule has 0 saturated carbocycles. The second-order valence-electron chi connectivity index (χ2n) is 11.5. The summed E-state index contributed by atoms with van der Waals surface area (Å²) < 4.78 is 0. The van der Waals surface area contributed by atoms with Gasteiger partial charge in [-0.05, 0) is 66.6 Å². The molecule has 0 atom stereocenters. The molecule has 0 unspecified atom stereocenters. The summed E-state index contributed by atoms with van der Waals surface area (Å²) in [5, 5.41) is 4.11. The molecule has 0 aliphatic carbocycles. The van der Waals surface area contributed by atoms with Crippen molar-refractivity contribution in [3.05, 3.63) is 98.5 Å². The quantitative estimate of drug-likeness (QED) is 0.353. The minimum Gasteiger partial charge on any atom is -0.368 e. The molecule has 3 aromatic rings. The van der Waals surface area contributed by atoms with Gasteiger partial charge < -0.3 is 20.0 Å². The molecule has 2 fully saturated rings. The fraction of sp³-hybridized carbons (Fsp3) is 0.412. The lowest BCUT2D eigenvalue weighted by atomic mass is 10.1. The van der Waals surface area contributed by atoms with Crippen molar-refractivity contribution >= 4 is 40.7 Å². The lowest BCUT2D eigenvalue weighted by Crippen LogP contribution is -2.49. The van der Waals surface area contributed by atoms with E-state index in [4.69, 9.17) is 23.2 Å². The molecule has 43 heavy (non-hydrogen) atoms. The van der Waals surface area contributed by atoms with Gasteiger partial charge in [0, 0.05) is 86.7 Å². The molecule has 228 valence electrons. The fourth-order valence-electron chi connectivity index (χ4n) is 5.84. The Morgan fingerprint density at radius 2 is 1.44 bits per heavy atom. The number of halogens is 2. The van der Waals surface area contributed by atoms with E-state index in [-0.39, 0.29) is 18.2 Å². The number of carbonyl (C=O) groups is 2. The summed E-state index contributed by atoms with van der Waals surface area (Å²) in [6, 6.07) is 19.7. The van der Waals surface area contributed by atoms with Crippen LogP contribution in [0.3, 0.4) is 0 Å². The van der Waals surface area contributed by atoms with Gasteiger partial charge in [0.1, 0.15) is 0 Å². The van der Waals surface area contributed by atoms with E-state index < -0.39 is 0 Å². The summed E-state index contributed by atoms with van der Waals surface area (Å²) in [6.45, 7) is 13.5. The normalized spacial score (nSPS) is 16.4. The molecule has 2 aliphatic heterocycles. The van der Waals surface area contributed by atoms with E-state index in [1.807, 2.05) is 66.4 Å². The maximum absolute atomic E-state index is 13.2. The van der Waals surface area contributed by atoms with E-state index in [1.54, 1.807) is 0 Å². The molecule has 0 bridgehead atoms. The van der Waals surface area contributed by atoms with Crippen LogP contribution in [0.2, 0.25) is 10.0 Å². The van der Waals surface area contributed by atoms with Crippen LogP contribution in [0.4, 0.5) is 5.69 Å². The Morgan fingerprint density at radius 1 is 0.791 bits per heavy atom. The number of nitrogens with zero attached hydrogens (tertiary/aromatic N) is 4. The van der Waals surface area contributed by atoms with Crippen LogP contribution in [0, 0.1) is 6.92 Å². The number of anilines is 1. The molecule has 7 nitrogen and oxygen atoms in total. The average molecular weight is 623 g/mol. The van der Waals surface area contributed by atoms with Gasteiger partial charge in [0.25, 0.3) is 5.91 Å². The first-order valence-electron chi connectivity index (χ1n) is 15.2. The van der Waals surface area contributed by atoms with Crippen molar-refractivity contribution in [2.45, 2.75) is 33.4 Å². The summed E-state index contributed by atoms with van der Waals surface area (Å²) in [7, 11) is 0. The van der Waals surface area contributed by atoms with Gasteiger partial charge in [-0.1, -0.05) is 60.0 Å². The first-order valence-corrected chi connectivity index (χ1v) is 15.9. The number of rotatable bonds is 9. The molecule has 0 radical (unpaired) electrons. The second-order valence-corrected chi connectivity index (χ2v) is 12.3. The zero-order chi connectivity index (χ0) is 30.3. The van der Waals surface area contributed by atoms with E-state index in [2.05, 4.69) is 33.0 Å². The largest absolute Gasteiger partial charge is 0.368 e. The number of aryl methyl sites for hydroxylation is 1. The number of amides is 2. The third-order valence-corrected chi connectivity index (χ3v) is 9.18. The van der Waals surface area contributed by atoms with Crippen molar-refractivity contribution in [2.24, 2.45) is 0 Å². The maximum Gasteiger partial charge on any atom is 0.251 e. The van der Waals surface area contributed by atoms with E-state index in [9.17, 15) is 9.59 Å². The topological polar surface area (TPSA) is 59.1 Å². The standard InChI is InChI=1S/C34H41Cl2N5O2/c1-3-38-11-13-39(14-12-38)24-27-20-31(35)30(32(36)21-27)22-33(42)41-17-15-40(16-18-41)29-9-7-28(8-10-29)34(43)37-23-26-6-4-5-25(2)19-26/h4-10,19-21H,3,11-18,22-24H2,1-2H3,(H,37,43). The summed E-state index contributed by atoms with van der Waals surface area (Å²) in [5.41, 5.74) is 5.71. The summed E-state index contributed by atoms with van der Waals surface area (Å²) in [5.74, 6) is -0.0591. The second kappa shape index (κ2) is 14.6. The van der Waals surface area contributed by atoms with Crippen molar-refractivity contribution < 1.29 is 9.59 Å². The molecule has 2 amide bonds. The molecule has 2 saturated heterocycles. The van der Waals surface area contributed by atoms with Gasteiger partial charge >= 0.3 is 0 Å². The Hall–Kier alpha value is -3.10. The maximum atomic E-state index is 13.2. The van der Waals surface area contributed by atoms with Crippen molar-refractivity contribution in [1.82, 2.24) is 20.0 Å². The van der Waals surface area contributed by atoms with Gasteiger partial charge in [-0.25, -0.2) is 0 Å². The van der Waals surface area contributed by atoms with Crippen molar-refractivity contribution in [1.29, 1.82) is 0 Å². The number of hydrogen-bond acceptors (Lipinski definition) is 5. The van der Waals surface area contributed by atoms with E-state index >= 15 is 0 Å². The molecular weight excluding hydrogens is 581 g/mol. The molecular formula is C34H41Cl2N5O2. The molecule has 3 aromatic carbocycles. The van der Waals surface area contributed by atoms with Crippen molar-refractivity contribution in [3.63, 3.8) is 0 Å². The zero-order valence-corrected chi connectivity index (χ0v) is 26.6. The van der Waals surface area contributed by atoms with Gasteiger partial charge in [0.05, 0.1) is 6.42 Å². The third kappa shape index (κ3) is 8.30. The highest BCUT2D eigenvalue weighted by molar-refractivity contribution is 6.36. The number of benzene rings is 3. The monoisotopic (exact) mass is 621 g/mol. The first kappa shape index (κ1) is 31.3. The highest BCUT2D eigenvalue weighted by Gasteiger charge is 2.24. The highest BCUT2D eigenvalue weighted by Crippen LogP contribution is 2.29. The van der Waals surface area contributed by atoms with Crippen LogP contribution in [0.25, 0.3) is 0 Å². The SMILES string of the molecule is CCN1CCN(Cc2cc(Cl)c(CC(=O)N3CCN(c4ccc(C(=O)NCc5cccc(C)c5)cc4)CC3)c(Cl)c2)CC1. The number of nitrogens with one attached hydrogen (secondary N) is 1. The predicted molar refractivity (Wildman–Crippen MR) is 175 cm³/mol. The molecule has 0 spiro atoms. The number of hydrogen-bond donors (Lipinski definition) is 1. The van der Waals surface area contributed by atoms with Crippen molar-refractivity contribution in [2.75, 3.05) is 63.8 Å². The zero-order valence-electron chi connectivity index (χ0n) is 25.1. The lowest BCUT2D eigenvalue weighted by Gasteiger charge is -2.36. The van der Waals surface area contributed by atoms with Crippen LogP contribution in [0.1, 0.15) is 39.5 Å². The van der Waals surface area contributed by atoms with Gasteiger partial charge in [-0.2, -0.15) is 0 Å². The molecule has 0 aromatic heterocycles. The highest BCUT2D eigenvalue weighted by atomic mass is 35.5. The minimum absolute atomic E-state index is 0.0347. The Kier molecular flexibility index (Phi) is 10.6. The van der Waals surface area contributed by atoms with Crippen LogP contribution >= 0.6 is 23.2 Å². The molecule has 1 N–H and O–H groups in total. The number of piperazine rings is 2. The van der Waals surface area contributed by atoms with Gasteiger partial charge in [-0.3, -0.25) is 14.5 Å². The number of carbonyl (C=O) groups excluding carboxylic acids is 2. The summed E-state index contributed by atoms with van der Waals surface area (Å²) in [4.78, 5) is 34.9. The van der Waals surface area contributed by atoms with Crippen LogP contribution in [-0.4, -0.2) is 85.4 Å². The Balaban J connectivity index is 1.09. The minimum atomic E-state index is -0.0939. The predicted octanol–water partition coefficient (Wildman–Crippen LogP) is 5.26. The van der Waals surface area contributed by atoms with Gasteiger partial charge in [-0.15, -0.1) is 0 Å². The fourth-order valence-corrected chi connectivity index (χ4v) is 6.51. The van der Waals surface area contributed by atoms with Crippen molar-refractivity contribution in [3.8, 4) is 0 Å². The third-order valence-electron chi connectivity index (χ3n) is 8.51.